The smallest absolute Gasteiger partial charge is 0.255 e. The molecule has 4 rings (SSSR count). The van der Waals surface area contributed by atoms with E-state index < -0.39 is 0 Å². The average molecular weight is 334 g/mol. The highest BCUT2D eigenvalue weighted by Crippen LogP contribution is 2.28. The summed E-state index contributed by atoms with van der Waals surface area (Å²) in [5.41, 5.74) is 4.00. The van der Waals surface area contributed by atoms with Crippen LogP contribution in [0.15, 0.2) is 47.3 Å². The van der Waals surface area contributed by atoms with Crippen LogP contribution in [0.3, 0.4) is 0 Å². The minimum Gasteiger partial charge on any atom is -0.497 e. The normalized spacial score (nSPS) is 12.8. The predicted molar refractivity (Wildman–Crippen MR) is 97.5 cm³/mol. The number of nitrogens with one attached hydrogen (secondary N) is 2. The van der Waals surface area contributed by atoms with Gasteiger partial charge in [-0.1, -0.05) is 6.07 Å². The zero-order chi connectivity index (χ0) is 17.4. The molecule has 2 N–H and O–H groups in total. The number of benzene rings is 2. The Morgan fingerprint density at radius 1 is 1.08 bits per heavy atom. The number of aromatic nitrogens is 1. The number of rotatable bonds is 3. The lowest BCUT2D eigenvalue weighted by atomic mass is 10.1. The Morgan fingerprint density at radius 3 is 2.60 bits per heavy atom. The molecule has 1 aromatic heterocycles. The number of pyridine rings is 1. The Kier molecular flexibility index (Phi) is 3.76. The summed E-state index contributed by atoms with van der Waals surface area (Å²) in [6, 6.07) is 12.6. The van der Waals surface area contributed by atoms with Crippen molar-refractivity contribution in [2.45, 2.75) is 19.3 Å². The van der Waals surface area contributed by atoms with Crippen molar-refractivity contribution in [1.82, 2.24) is 4.98 Å². The molecule has 5 heteroatoms. The van der Waals surface area contributed by atoms with Crippen LogP contribution in [0.2, 0.25) is 0 Å². The van der Waals surface area contributed by atoms with E-state index in [1.54, 1.807) is 31.4 Å². The lowest BCUT2D eigenvalue weighted by Gasteiger charge is -2.09. The number of amides is 1. The molecule has 3 aromatic rings. The Bertz CT molecular complexity index is 1020. The van der Waals surface area contributed by atoms with Gasteiger partial charge < -0.3 is 15.0 Å². The number of carbonyl (C=O) groups excluding carboxylic acids is 1. The maximum absolute atomic E-state index is 12.4. The summed E-state index contributed by atoms with van der Waals surface area (Å²) in [5, 5.41) is 3.94. The third-order valence-electron chi connectivity index (χ3n) is 4.69. The van der Waals surface area contributed by atoms with Gasteiger partial charge in [-0.3, -0.25) is 9.59 Å². The van der Waals surface area contributed by atoms with Crippen molar-refractivity contribution >= 4 is 22.5 Å². The molecule has 1 aliphatic carbocycles. The fourth-order valence-electron chi connectivity index (χ4n) is 3.42. The van der Waals surface area contributed by atoms with Gasteiger partial charge in [0.05, 0.1) is 12.6 Å². The van der Waals surface area contributed by atoms with E-state index in [1.807, 2.05) is 18.2 Å². The zero-order valence-electron chi connectivity index (χ0n) is 13.9. The van der Waals surface area contributed by atoms with Crippen molar-refractivity contribution in [1.29, 1.82) is 0 Å². The van der Waals surface area contributed by atoms with E-state index in [0.29, 0.717) is 17.0 Å². The molecule has 1 heterocycles. The first-order valence-corrected chi connectivity index (χ1v) is 8.29. The quantitative estimate of drug-likeness (QED) is 0.772. The van der Waals surface area contributed by atoms with E-state index in [9.17, 15) is 9.59 Å². The number of methoxy groups -OCH3 is 1. The van der Waals surface area contributed by atoms with Crippen LogP contribution in [0, 0.1) is 0 Å². The summed E-state index contributed by atoms with van der Waals surface area (Å²) in [4.78, 5) is 27.5. The molecule has 2 aromatic carbocycles. The first-order valence-electron chi connectivity index (χ1n) is 8.29. The van der Waals surface area contributed by atoms with E-state index >= 15 is 0 Å². The van der Waals surface area contributed by atoms with Crippen LogP contribution >= 0.6 is 0 Å². The number of hydrogen-bond donors (Lipinski definition) is 2. The SMILES string of the molecule is COc1ccc(C(=O)Nc2ccc3c4c(c(=O)[nH]c3c2)CCC4)cc1. The first kappa shape index (κ1) is 15.4. The van der Waals surface area contributed by atoms with Crippen LogP contribution in [-0.4, -0.2) is 18.0 Å². The summed E-state index contributed by atoms with van der Waals surface area (Å²) >= 11 is 0. The fraction of sp³-hybridized carbons (Fsp3) is 0.200. The molecule has 0 aliphatic heterocycles. The van der Waals surface area contributed by atoms with Gasteiger partial charge in [-0.25, -0.2) is 0 Å². The second-order valence-electron chi connectivity index (χ2n) is 6.21. The second-order valence-corrected chi connectivity index (χ2v) is 6.21. The number of carbonyl (C=O) groups is 1. The molecule has 0 saturated heterocycles. The Hall–Kier alpha value is -3.08. The molecule has 0 radical (unpaired) electrons. The second kappa shape index (κ2) is 6.09. The minimum absolute atomic E-state index is 0.0152. The number of hydrogen-bond acceptors (Lipinski definition) is 3. The summed E-state index contributed by atoms with van der Waals surface area (Å²) < 4.78 is 5.10. The topological polar surface area (TPSA) is 71.2 Å². The molecule has 0 unspecified atom stereocenters. The monoisotopic (exact) mass is 334 g/mol. The third kappa shape index (κ3) is 2.78. The van der Waals surface area contributed by atoms with Gasteiger partial charge in [0, 0.05) is 22.2 Å². The molecule has 25 heavy (non-hydrogen) atoms. The summed E-state index contributed by atoms with van der Waals surface area (Å²) in [7, 11) is 1.59. The van der Waals surface area contributed by atoms with Gasteiger partial charge in [0.25, 0.3) is 11.5 Å². The molecule has 0 fully saturated rings. The molecule has 1 aliphatic rings. The highest BCUT2D eigenvalue weighted by Gasteiger charge is 2.18. The van der Waals surface area contributed by atoms with E-state index in [1.165, 1.54) is 0 Å². The van der Waals surface area contributed by atoms with Crippen LogP contribution in [-0.2, 0) is 12.8 Å². The maximum atomic E-state index is 12.4. The van der Waals surface area contributed by atoms with Crippen molar-refractivity contribution in [2.75, 3.05) is 12.4 Å². The molecule has 126 valence electrons. The number of aromatic amines is 1. The lowest BCUT2D eigenvalue weighted by Crippen LogP contribution is -2.14. The average Bonchev–Trinajstić information content (AvgIpc) is 3.12. The molecule has 0 spiro atoms. The molecular weight excluding hydrogens is 316 g/mol. The third-order valence-corrected chi connectivity index (χ3v) is 4.69. The van der Waals surface area contributed by atoms with Gasteiger partial charge in [-0.2, -0.15) is 0 Å². The number of fused-ring (bicyclic) bond motifs is 3. The van der Waals surface area contributed by atoms with Crippen molar-refractivity contribution in [3.05, 3.63) is 69.5 Å². The predicted octanol–water partition coefficient (Wildman–Crippen LogP) is 3.28. The summed E-state index contributed by atoms with van der Waals surface area (Å²) in [5.74, 6) is 0.499. The summed E-state index contributed by atoms with van der Waals surface area (Å²) in [6.07, 6.45) is 2.80. The molecule has 0 saturated carbocycles. The summed E-state index contributed by atoms with van der Waals surface area (Å²) in [6.45, 7) is 0. The Morgan fingerprint density at radius 2 is 1.84 bits per heavy atom. The van der Waals surface area contributed by atoms with Gasteiger partial charge >= 0.3 is 0 Å². The Balaban J connectivity index is 1.64. The Labute approximate surface area is 144 Å². The highest BCUT2D eigenvalue weighted by molar-refractivity contribution is 6.05. The number of anilines is 1. The van der Waals surface area contributed by atoms with E-state index in [-0.39, 0.29) is 11.5 Å². The van der Waals surface area contributed by atoms with Crippen LogP contribution in [0.4, 0.5) is 5.69 Å². The fourth-order valence-corrected chi connectivity index (χ4v) is 3.42. The minimum atomic E-state index is -0.203. The van der Waals surface area contributed by atoms with Crippen LogP contribution < -0.4 is 15.6 Å². The maximum Gasteiger partial charge on any atom is 0.255 e. The van der Waals surface area contributed by atoms with Crippen LogP contribution in [0.1, 0.15) is 27.9 Å². The van der Waals surface area contributed by atoms with E-state index in [4.69, 9.17) is 4.74 Å². The molecule has 0 atom stereocenters. The molecule has 0 bridgehead atoms. The van der Waals surface area contributed by atoms with Crippen molar-refractivity contribution in [3.8, 4) is 5.75 Å². The number of H-pyrrole nitrogens is 1. The van der Waals surface area contributed by atoms with E-state index in [2.05, 4.69) is 10.3 Å². The number of ether oxygens (including phenoxy) is 1. The number of aryl methyl sites for hydroxylation is 1. The molecule has 5 nitrogen and oxygen atoms in total. The first-order chi connectivity index (χ1) is 12.2. The standard InChI is InChI=1S/C20H18N2O3/c1-25-14-8-5-12(6-9-14)19(23)21-13-7-10-16-15-3-2-4-17(15)20(24)22-18(16)11-13/h5-11H,2-4H2,1H3,(H,21,23)(H,22,24). The van der Waals surface area contributed by atoms with Gasteiger partial charge in [-0.15, -0.1) is 0 Å². The molecule has 1 amide bonds. The van der Waals surface area contributed by atoms with Crippen LogP contribution in [0.5, 0.6) is 5.75 Å². The highest BCUT2D eigenvalue weighted by atomic mass is 16.5. The zero-order valence-corrected chi connectivity index (χ0v) is 13.9. The van der Waals surface area contributed by atoms with Gasteiger partial charge in [0.1, 0.15) is 5.75 Å². The largest absolute Gasteiger partial charge is 0.497 e. The van der Waals surface area contributed by atoms with Crippen molar-refractivity contribution in [2.24, 2.45) is 0 Å². The van der Waals surface area contributed by atoms with Gasteiger partial charge in [0.15, 0.2) is 0 Å². The van der Waals surface area contributed by atoms with Gasteiger partial charge in [-0.05, 0) is 61.2 Å². The van der Waals surface area contributed by atoms with Crippen molar-refractivity contribution in [3.63, 3.8) is 0 Å². The van der Waals surface area contributed by atoms with Crippen molar-refractivity contribution < 1.29 is 9.53 Å². The molecular formula is C20H18N2O3. The van der Waals surface area contributed by atoms with E-state index in [0.717, 1.165) is 41.3 Å². The van der Waals surface area contributed by atoms with Gasteiger partial charge in [0.2, 0.25) is 0 Å². The van der Waals surface area contributed by atoms with Crippen LogP contribution in [0.25, 0.3) is 10.9 Å². The lowest BCUT2D eigenvalue weighted by molar-refractivity contribution is 0.102.